The second-order valence-corrected chi connectivity index (χ2v) is 4.41. The molecular weight excluding hydrogens is 219 g/mol. The van der Waals surface area contributed by atoms with Crippen molar-refractivity contribution in [1.82, 2.24) is 0 Å². The van der Waals surface area contributed by atoms with Gasteiger partial charge < -0.3 is 9.47 Å². The van der Waals surface area contributed by atoms with Gasteiger partial charge in [-0.25, -0.2) is 0 Å². The van der Waals surface area contributed by atoms with Crippen LogP contribution in [0.3, 0.4) is 0 Å². The fourth-order valence-electron chi connectivity index (χ4n) is 2.00. The molecule has 1 rings (SSSR count). The third-order valence-electron chi connectivity index (χ3n) is 2.98. The highest BCUT2D eigenvalue weighted by molar-refractivity contribution is 6.11. The molecule has 1 fully saturated rings. The van der Waals surface area contributed by atoms with Crippen LogP contribution in [-0.4, -0.2) is 32.5 Å². The minimum absolute atomic E-state index is 0.0231. The van der Waals surface area contributed by atoms with Crippen LogP contribution in [0.15, 0.2) is 0 Å². The van der Waals surface area contributed by atoms with Gasteiger partial charge in [0.15, 0.2) is 0 Å². The number of esters is 2. The maximum atomic E-state index is 11.2. The number of hydrogen-bond donors (Lipinski definition) is 0. The lowest BCUT2D eigenvalue weighted by Crippen LogP contribution is -2.26. The molecule has 0 saturated heterocycles. The van der Waals surface area contributed by atoms with Crippen molar-refractivity contribution in [1.29, 1.82) is 0 Å². The Kier molecular flexibility index (Phi) is 5.52. The fraction of sp³-hybridized carbons (Fsp3) is 0.833. The average molecular weight is 238 g/mol. The molecule has 17 heavy (non-hydrogen) atoms. The van der Waals surface area contributed by atoms with Gasteiger partial charge in [-0.15, -0.1) is 0 Å². The maximum absolute atomic E-state index is 11.2. The molecule has 94 valence electrons. The molecule has 3 atom stereocenters. The van der Waals surface area contributed by atoms with Crippen LogP contribution in [0.1, 0.15) is 39.5 Å². The van der Waals surface area contributed by atoms with Gasteiger partial charge in [-0.05, 0) is 12.8 Å². The lowest BCUT2D eigenvalue weighted by molar-refractivity contribution is -0.153. The summed E-state index contributed by atoms with van der Waals surface area (Å²) in [6, 6.07) is 0. The van der Waals surface area contributed by atoms with Crippen molar-refractivity contribution in [2.24, 2.45) is 5.92 Å². The summed E-state index contributed by atoms with van der Waals surface area (Å²) < 4.78 is 10.4. The molecule has 0 heterocycles. The molecule has 0 spiro atoms. The molecule has 1 aliphatic rings. The van der Waals surface area contributed by atoms with Crippen LogP contribution in [0.5, 0.6) is 0 Å². The molecule has 0 bridgehead atoms. The molecule has 0 amide bonds. The molecule has 1 unspecified atom stereocenters. The Hall–Kier alpha value is -0.995. The highest BCUT2D eigenvalue weighted by Gasteiger charge is 2.35. The van der Waals surface area contributed by atoms with Crippen molar-refractivity contribution < 1.29 is 19.1 Å². The third-order valence-corrected chi connectivity index (χ3v) is 2.98. The summed E-state index contributed by atoms with van der Waals surface area (Å²) in [5.74, 6) is -0.395. The number of rotatable bonds is 5. The van der Waals surface area contributed by atoms with E-state index >= 15 is 0 Å². The van der Waals surface area contributed by atoms with Crippen molar-refractivity contribution in [3.05, 3.63) is 0 Å². The normalized spacial score (nSPS) is 27.8. The Bertz CT molecular complexity index is 280. The smallest absolute Gasteiger partial charge is 0.305 e. The van der Waals surface area contributed by atoms with Gasteiger partial charge in [-0.2, -0.15) is 0 Å². The van der Waals surface area contributed by atoms with Crippen LogP contribution < -0.4 is 0 Å². The van der Waals surface area contributed by atoms with Crippen LogP contribution in [0.4, 0.5) is 0 Å². The van der Waals surface area contributed by atoms with Gasteiger partial charge in [0.25, 0.3) is 0 Å². The predicted molar refractivity (Wildman–Crippen MR) is 63.6 cm³/mol. The van der Waals surface area contributed by atoms with Crippen LogP contribution >= 0.6 is 0 Å². The molecule has 1 aliphatic carbocycles. The van der Waals surface area contributed by atoms with Gasteiger partial charge in [-0.3, -0.25) is 9.59 Å². The van der Waals surface area contributed by atoms with Gasteiger partial charge in [0, 0.05) is 18.8 Å². The van der Waals surface area contributed by atoms with Crippen molar-refractivity contribution in [3.8, 4) is 0 Å². The summed E-state index contributed by atoms with van der Waals surface area (Å²) >= 11 is 0. The second kappa shape index (κ2) is 6.67. The highest BCUT2D eigenvalue weighted by atomic mass is 16.6. The molecule has 0 aliphatic heterocycles. The van der Waals surface area contributed by atoms with Gasteiger partial charge in [0.2, 0.25) is 0 Å². The van der Waals surface area contributed by atoms with Crippen molar-refractivity contribution >= 4 is 19.8 Å². The zero-order valence-electron chi connectivity index (χ0n) is 10.5. The average Bonchev–Trinajstić information content (AvgIpc) is 2.66. The van der Waals surface area contributed by atoms with Crippen LogP contribution in [0.2, 0.25) is 5.82 Å². The molecular formula is C12H19BO4. The quantitative estimate of drug-likeness (QED) is 0.539. The summed E-state index contributed by atoms with van der Waals surface area (Å²) in [4.78, 5) is 22.3. The molecule has 0 aromatic heterocycles. The van der Waals surface area contributed by atoms with E-state index in [1.165, 1.54) is 0 Å². The summed E-state index contributed by atoms with van der Waals surface area (Å²) in [6.07, 6.45) is 1.89. The Morgan fingerprint density at radius 2 is 1.82 bits per heavy atom. The first kappa shape index (κ1) is 14.1. The van der Waals surface area contributed by atoms with E-state index < -0.39 is 0 Å². The highest BCUT2D eigenvalue weighted by Crippen LogP contribution is 2.35. The van der Waals surface area contributed by atoms with Gasteiger partial charge in [-0.1, -0.05) is 19.7 Å². The molecule has 4 nitrogen and oxygen atoms in total. The number of carbonyl (C=O) groups excluding carboxylic acids is 2. The van der Waals surface area contributed by atoms with Crippen molar-refractivity contribution in [2.45, 2.75) is 51.5 Å². The summed E-state index contributed by atoms with van der Waals surface area (Å²) in [7, 11) is 5.84. The van der Waals surface area contributed by atoms with Crippen LogP contribution in [0.25, 0.3) is 0 Å². The van der Waals surface area contributed by atoms with Crippen LogP contribution in [-0.2, 0) is 19.1 Å². The number of ether oxygens (including phenoxy) is 2. The Morgan fingerprint density at radius 3 is 2.41 bits per heavy atom. The van der Waals surface area contributed by atoms with Crippen molar-refractivity contribution in [3.63, 3.8) is 0 Å². The van der Waals surface area contributed by atoms with Gasteiger partial charge >= 0.3 is 11.9 Å². The van der Waals surface area contributed by atoms with E-state index in [2.05, 4.69) is 0 Å². The second-order valence-electron chi connectivity index (χ2n) is 4.41. The van der Waals surface area contributed by atoms with E-state index in [0.29, 0.717) is 25.9 Å². The molecule has 0 aromatic rings. The summed E-state index contributed by atoms with van der Waals surface area (Å²) in [6.45, 7) is 3.79. The number of hydrogen-bond acceptors (Lipinski definition) is 4. The minimum atomic E-state index is -0.231. The zero-order chi connectivity index (χ0) is 12.8. The maximum Gasteiger partial charge on any atom is 0.305 e. The van der Waals surface area contributed by atoms with Crippen LogP contribution in [0, 0.1) is 5.92 Å². The van der Waals surface area contributed by atoms with E-state index in [1.54, 1.807) is 13.8 Å². The van der Waals surface area contributed by atoms with Gasteiger partial charge in [0.05, 0.1) is 14.5 Å². The monoisotopic (exact) mass is 238 g/mol. The first-order chi connectivity index (χ1) is 8.06. The molecule has 1 saturated carbocycles. The molecule has 2 radical (unpaired) electrons. The van der Waals surface area contributed by atoms with Gasteiger partial charge in [0.1, 0.15) is 6.10 Å². The molecule has 5 heteroatoms. The lowest BCUT2D eigenvalue weighted by atomic mass is 9.85. The minimum Gasteiger partial charge on any atom is -0.465 e. The van der Waals surface area contributed by atoms with E-state index in [9.17, 15) is 9.59 Å². The molecule has 0 N–H and O–H groups in total. The first-order valence-electron chi connectivity index (χ1n) is 6.17. The Balaban J connectivity index is 2.44. The SMILES string of the molecule is [B][C@@H]1CC(OC(=O)CC)[C@H](COC(=O)CC)C1. The van der Waals surface area contributed by atoms with Crippen molar-refractivity contribution in [2.75, 3.05) is 6.61 Å². The van der Waals surface area contributed by atoms with E-state index in [-0.39, 0.29) is 29.8 Å². The largest absolute Gasteiger partial charge is 0.465 e. The zero-order valence-corrected chi connectivity index (χ0v) is 10.5. The fourth-order valence-corrected chi connectivity index (χ4v) is 2.00. The topological polar surface area (TPSA) is 52.6 Å². The van der Waals surface area contributed by atoms with E-state index in [1.807, 2.05) is 0 Å². The third kappa shape index (κ3) is 4.40. The first-order valence-corrected chi connectivity index (χ1v) is 6.17. The summed E-state index contributed by atoms with van der Waals surface area (Å²) in [5, 5.41) is 0. The summed E-state index contributed by atoms with van der Waals surface area (Å²) in [5.41, 5.74) is 0. The lowest BCUT2D eigenvalue weighted by Gasteiger charge is -2.19. The number of carbonyl (C=O) groups is 2. The van der Waals surface area contributed by atoms with E-state index in [4.69, 9.17) is 17.3 Å². The Labute approximate surface area is 103 Å². The Morgan fingerprint density at radius 1 is 1.18 bits per heavy atom. The standard InChI is InChI=1S/C12H19BO4/c1-3-11(14)16-7-8-5-9(13)6-10(8)17-12(15)4-2/h8-10H,3-7H2,1-2H3/t8-,9-,10?/m0/s1. The van der Waals surface area contributed by atoms with E-state index in [0.717, 1.165) is 6.42 Å². The predicted octanol–water partition coefficient (Wildman–Crippen LogP) is 1.63. The molecule has 0 aromatic carbocycles.